The van der Waals surface area contributed by atoms with Crippen LogP contribution in [-0.2, 0) is 9.53 Å². The van der Waals surface area contributed by atoms with Crippen molar-refractivity contribution in [1.29, 1.82) is 0 Å². The Balaban J connectivity index is 2.85. The number of rotatable bonds is 3. The van der Waals surface area contributed by atoms with Gasteiger partial charge in [-0.25, -0.2) is 4.79 Å². The van der Waals surface area contributed by atoms with Crippen molar-refractivity contribution in [2.45, 2.75) is 30.5 Å². The van der Waals surface area contributed by atoms with Gasteiger partial charge in [-0.05, 0) is 19.3 Å². The minimum absolute atomic E-state index is 0.0994. The van der Waals surface area contributed by atoms with Gasteiger partial charge in [-0.2, -0.15) is 11.8 Å². The average molecular weight is 234 g/mol. The van der Waals surface area contributed by atoms with Crippen molar-refractivity contribution in [2.75, 3.05) is 6.26 Å². The second-order valence-electron chi connectivity index (χ2n) is 3.34. The number of ether oxygens (including phenoxy) is 1. The molecule has 0 aromatic heterocycles. The molecule has 0 spiro atoms. The molecule has 0 aliphatic carbocycles. The van der Waals surface area contributed by atoms with Gasteiger partial charge in [-0.3, -0.25) is 0 Å². The van der Waals surface area contributed by atoms with E-state index >= 15 is 0 Å². The highest BCUT2D eigenvalue weighted by molar-refractivity contribution is 7.99. The number of hydrogen-bond acceptors (Lipinski definition) is 5. The van der Waals surface area contributed by atoms with Gasteiger partial charge >= 0.3 is 5.97 Å². The smallest absolute Gasteiger partial charge is 0.370 e. The van der Waals surface area contributed by atoms with E-state index < -0.39 is 24.3 Å². The van der Waals surface area contributed by atoms with Gasteiger partial charge in [0, 0.05) is 5.25 Å². The second-order valence-corrected chi connectivity index (χ2v) is 4.56. The van der Waals surface area contributed by atoms with Crippen LogP contribution in [0.4, 0.5) is 0 Å². The third-order valence-corrected chi connectivity index (χ3v) is 3.33. The predicted octanol–water partition coefficient (Wildman–Crippen LogP) is -0.173. The molecule has 4 unspecified atom stereocenters. The van der Waals surface area contributed by atoms with Crippen molar-refractivity contribution in [3.05, 3.63) is 11.8 Å². The van der Waals surface area contributed by atoms with E-state index in [1.807, 2.05) is 6.26 Å². The number of aliphatic hydroxyl groups excluding tert-OH is 2. The molecule has 1 rings (SSSR count). The molecule has 0 saturated heterocycles. The Morgan fingerprint density at radius 3 is 2.67 bits per heavy atom. The fraction of sp³-hybridized carbons (Fsp3) is 0.667. The molecule has 86 valence electrons. The third kappa shape index (κ3) is 2.64. The predicted molar refractivity (Wildman–Crippen MR) is 55.6 cm³/mol. The van der Waals surface area contributed by atoms with Crippen LogP contribution in [-0.4, -0.2) is 51.1 Å². The summed E-state index contributed by atoms with van der Waals surface area (Å²) in [6.07, 6.45) is -0.145. The quantitative estimate of drug-likeness (QED) is 0.628. The van der Waals surface area contributed by atoms with Crippen LogP contribution in [0, 0.1) is 0 Å². The lowest BCUT2D eigenvalue weighted by molar-refractivity contribution is -0.142. The fourth-order valence-electron chi connectivity index (χ4n) is 1.33. The summed E-state index contributed by atoms with van der Waals surface area (Å²) in [5, 5.41) is 27.7. The maximum absolute atomic E-state index is 10.7. The molecule has 0 bridgehead atoms. The molecular weight excluding hydrogens is 220 g/mol. The van der Waals surface area contributed by atoms with Crippen LogP contribution in [0.25, 0.3) is 0 Å². The summed E-state index contributed by atoms with van der Waals surface area (Å²) in [6, 6.07) is 0. The maximum atomic E-state index is 10.7. The molecule has 4 atom stereocenters. The van der Waals surface area contributed by atoms with Gasteiger partial charge < -0.3 is 20.1 Å². The van der Waals surface area contributed by atoms with Gasteiger partial charge in [0.1, 0.15) is 18.3 Å². The van der Waals surface area contributed by atoms with Crippen molar-refractivity contribution in [2.24, 2.45) is 0 Å². The summed E-state index contributed by atoms with van der Waals surface area (Å²) < 4.78 is 5.11. The van der Waals surface area contributed by atoms with E-state index in [4.69, 9.17) is 9.84 Å². The van der Waals surface area contributed by atoms with Gasteiger partial charge in [-0.15, -0.1) is 0 Å². The summed E-state index contributed by atoms with van der Waals surface area (Å²) in [6.45, 7) is 1.80. The summed E-state index contributed by atoms with van der Waals surface area (Å²) in [5.74, 6) is -1.54. The first kappa shape index (κ1) is 12.4. The Morgan fingerprint density at radius 2 is 2.20 bits per heavy atom. The largest absolute Gasteiger partial charge is 0.479 e. The molecular formula is C9H14O5S. The van der Waals surface area contributed by atoms with E-state index in [1.54, 1.807) is 6.92 Å². The highest BCUT2D eigenvalue weighted by Crippen LogP contribution is 2.25. The molecule has 1 aliphatic rings. The van der Waals surface area contributed by atoms with Gasteiger partial charge in [0.15, 0.2) is 0 Å². The fourth-order valence-corrected chi connectivity index (χ4v) is 1.82. The van der Waals surface area contributed by atoms with Crippen molar-refractivity contribution >= 4 is 17.7 Å². The lowest BCUT2D eigenvalue weighted by Gasteiger charge is -2.33. The number of hydrogen-bond donors (Lipinski definition) is 3. The SMILES string of the molecule is CSC(C)C1OC(C(=O)O)=CC(O)C1O. The van der Waals surface area contributed by atoms with Crippen LogP contribution in [0.15, 0.2) is 11.8 Å². The van der Waals surface area contributed by atoms with Crippen LogP contribution >= 0.6 is 11.8 Å². The number of carboxylic acids is 1. The van der Waals surface area contributed by atoms with Gasteiger partial charge in [0.2, 0.25) is 5.76 Å². The van der Waals surface area contributed by atoms with E-state index in [1.165, 1.54) is 11.8 Å². The van der Waals surface area contributed by atoms with Crippen LogP contribution in [0.2, 0.25) is 0 Å². The molecule has 6 heteroatoms. The van der Waals surface area contributed by atoms with Gasteiger partial charge in [-0.1, -0.05) is 0 Å². The highest BCUT2D eigenvalue weighted by atomic mass is 32.2. The minimum Gasteiger partial charge on any atom is -0.479 e. The Kier molecular flexibility index (Phi) is 4.01. The summed E-state index contributed by atoms with van der Waals surface area (Å²) in [5.41, 5.74) is 0. The van der Waals surface area contributed by atoms with E-state index in [2.05, 4.69) is 0 Å². The van der Waals surface area contributed by atoms with Crippen LogP contribution in [0.3, 0.4) is 0 Å². The van der Waals surface area contributed by atoms with Crippen LogP contribution in [0.5, 0.6) is 0 Å². The maximum Gasteiger partial charge on any atom is 0.370 e. The Bertz CT molecular complexity index is 278. The van der Waals surface area contributed by atoms with E-state index in [0.717, 1.165) is 6.08 Å². The zero-order chi connectivity index (χ0) is 11.6. The van der Waals surface area contributed by atoms with Crippen LogP contribution < -0.4 is 0 Å². The first-order chi connectivity index (χ1) is 6.97. The normalized spacial score (nSPS) is 32.8. The van der Waals surface area contributed by atoms with Crippen LogP contribution in [0.1, 0.15) is 6.92 Å². The van der Waals surface area contributed by atoms with Gasteiger partial charge in [0.05, 0.1) is 0 Å². The number of thioether (sulfide) groups is 1. The Labute approximate surface area is 91.7 Å². The monoisotopic (exact) mass is 234 g/mol. The first-order valence-corrected chi connectivity index (χ1v) is 5.77. The molecule has 0 aromatic rings. The molecule has 1 aliphatic heterocycles. The number of aliphatic hydroxyl groups is 2. The molecule has 0 fully saturated rings. The molecule has 0 amide bonds. The zero-order valence-corrected chi connectivity index (χ0v) is 9.27. The number of aliphatic carboxylic acids is 1. The Hall–Kier alpha value is -0.720. The molecule has 0 saturated carbocycles. The topological polar surface area (TPSA) is 87.0 Å². The van der Waals surface area contributed by atoms with E-state index in [-0.39, 0.29) is 11.0 Å². The van der Waals surface area contributed by atoms with E-state index in [9.17, 15) is 15.0 Å². The van der Waals surface area contributed by atoms with Crippen molar-refractivity contribution in [1.82, 2.24) is 0 Å². The summed E-state index contributed by atoms with van der Waals surface area (Å²) in [4.78, 5) is 10.7. The van der Waals surface area contributed by atoms with E-state index in [0.29, 0.717) is 0 Å². The first-order valence-electron chi connectivity index (χ1n) is 4.48. The number of carbonyl (C=O) groups is 1. The number of carboxylic acid groups (broad SMARTS) is 1. The lowest BCUT2D eigenvalue weighted by Crippen LogP contribution is -2.47. The van der Waals surface area contributed by atoms with Gasteiger partial charge in [0.25, 0.3) is 0 Å². The molecule has 0 aromatic carbocycles. The lowest BCUT2D eigenvalue weighted by atomic mass is 10.0. The second kappa shape index (κ2) is 4.87. The molecule has 0 radical (unpaired) electrons. The third-order valence-electron chi connectivity index (χ3n) is 2.32. The summed E-state index contributed by atoms with van der Waals surface area (Å²) >= 11 is 1.43. The zero-order valence-electron chi connectivity index (χ0n) is 8.45. The molecule has 15 heavy (non-hydrogen) atoms. The van der Waals surface area contributed by atoms with Crippen molar-refractivity contribution < 1.29 is 24.9 Å². The molecule has 5 nitrogen and oxygen atoms in total. The standard InChI is InChI=1S/C9H14O5S/c1-4(15-2)8-7(11)5(10)3-6(14-8)9(12)13/h3-5,7-8,10-11H,1-2H3,(H,12,13). The highest BCUT2D eigenvalue weighted by Gasteiger charge is 2.37. The summed E-state index contributed by atoms with van der Waals surface area (Å²) in [7, 11) is 0. The molecule has 1 heterocycles. The average Bonchev–Trinajstić information content (AvgIpc) is 2.20. The minimum atomic E-state index is -1.24. The van der Waals surface area contributed by atoms with Crippen molar-refractivity contribution in [3.8, 4) is 0 Å². The van der Waals surface area contributed by atoms with Crippen molar-refractivity contribution in [3.63, 3.8) is 0 Å². The molecule has 3 N–H and O–H groups in total. The Morgan fingerprint density at radius 1 is 1.60 bits per heavy atom.